The number of benzene rings is 2. The molecule has 5 aromatic rings. The lowest BCUT2D eigenvalue weighted by atomic mass is 10.0. The molecule has 1 N–H and O–H groups in total. The Morgan fingerprint density at radius 1 is 1.09 bits per heavy atom. The van der Waals surface area contributed by atoms with Gasteiger partial charge in [0.25, 0.3) is 11.5 Å². The Morgan fingerprint density at radius 3 is 2.61 bits per heavy atom. The molecule has 1 amide bonds. The highest BCUT2D eigenvalue weighted by Crippen LogP contribution is 2.33. The van der Waals surface area contributed by atoms with Crippen molar-refractivity contribution in [2.45, 2.75) is 32.9 Å². The molecule has 8 nitrogen and oxygen atoms in total. The second-order valence-electron chi connectivity index (χ2n) is 10.3. The number of fused-ring (bicyclic) bond motifs is 1. The molecule has 6 rings (SSSR count). The molecule has 0 spiro atoms. The van der Waals surface area contributed by atoms with Crippen molar-refractivity contribution in [1.29, 1.82) is 0 Å². The van der Waals surface area contributed by atoms with Crippen LogP contribution in [0.25, 0.3) is 17.4 Å². The van der Waals surface area contributed by atoms with Crippen molar-refractivity contribution >= 4 is 57.9 Å². The van der Waals surface area contributed by atoms with Crippen LogP contribution in [0.4, 0.5) is 5.69 Å². The smallest absolute Gasteiger partial charge is 0.339 e. The summed E-state index contributed by atoms with van der Waals surface area (Å²) in [4.78, 5) is 46.3. The fourth-order valence-corrected chi connectivity index (χ4v) is 6.95. The Kier molecular flexibility index (Phi) is 8.22. The normalized spacial score (nSPS) is 14.8. The van der Waals surface area contributed by atoms with Crippen LogP contribution in [0.1, 0.15) is 47.8 Å². The van der Waals surface area contributed by atoms with E-state index < -0.39 is 12.0 Å². The first-order chi connectivity index (χ1) is 21.2. The maximum Gasteiger partial charge on any atom is 0.339 e. The first-order valence-corrected chi connectivity index (χ1v) is 15.8. The lowest BCUT2D eigenvalue weighted by Crippen LogP contribution is -2.40. The molecule has 4 heterocycles. The molecule has 1 atom stereocenters. The van der Waals surface area contributed by atoms with Crippen molar-refractivity contribution in [3.63, 3.8) is 0 Å². The predicted octanol–water partition coefficient (Wildman–Crippen LogP) is 6.41. The maximum absolute atomic E-state index is 13.9. The molecular weight excluding hydrogens is 618 g/mol. The van der Waals surface area contributed by atoms with Gasteiger partial charge in [-0.05, 0) is 74.7 Å². The molecule has 2 aromatic carbocycles. The molecule has 0 saturated heterocycles. The number of thiophene rings is 1. The summed E-state index contributed by atoms with van der Waals surface area (Å²) >= 11 is 8.93. The second-order valence-corrected chi connectivity index (χ2v) is 12.7. The molecule has 0 bridgehead atoms. The molecule has 0 saturated carbocycles. The molecular formula is C33H26ClN3O5S2. The second kappa shape index (κ2) is 12.2. The van der Waals surface area contributed by atoms with E-state index in [0.717, 1.165) is 4.88 Å². The Labute approximate surface area is 265 Å². The molecule has 44 heavy (non-hydrogen) atoms. The van der Waals surface area contributed by atoms with E-state index in [0.29, 0.717) is 54.0 Å². The van der Waals surface area contributed by atoms with Gasteiger partial charge in [0.15, 0.2) is 4.80 Å². The zero-order valence-corrected chi connectivity index (χ0v) is 26.3. The number of carbonyl (C=O) groups excluding carboxylic acids is 2. The van der Waals surface area contributed by atoms with Crippen molar-refractivity contribution in [2.24, 2.45) is 4.99 Å². The summed E-state index contributed by atoms with van der Waals surface area (Å²) in [5, 5.41) is 5.30. The largest absolute Gasteiger partial charge is 0.459 e. The highest BCUT2D eigenvalue weighted by atomic mass is 35.5. The van der Waals surface area contributed by atoms with Crippen molar-refractivity contribution in [1.82, 2.24) is 4.57 Å². The molecule has 1 aliphatic heterocycles. The number of halogens is 1. The van der Waals surface area contributed by atoms with E-state index in [2.05, 4.69) is 10.3 Å². The van der Waals surface area contributed by atoms with Gasteiger partial charge in [0.1, 0.15) is 17.6 Å². The van der Waals surface area contributed by atoms with E-state index in [1.807, 2.05) is 35.7 Å². The number of nitrogens with zero attached hydrogens (tertiary/aromatic N) is 2. The van der Waals surface area contributed by atoms with Crippen LogP contribution in [0.15, 0.2) is 104 Å². The number of para-hydroxylation sites is 1. The number of thiazole rings is 1. The summed E-state index contributed by atoms with van der Waals surface area (Å²) < 4.78 is 13.4. The van der Waals surface area contributed by atoms with Crippen LogP contribution in [-0.2, 0) is 9.53 Å². The number of anilines is 1. The average Bonchev–Trinajstić information content (AvgIpc) is 3.74. The molecule has 1 aliphatic rings. The number of hydrogen-bond acceptors (Lipinski definition) is 8. The third-order valence-corrected chi connectivity index (χ3v) is 8.96. The number of aromatic nitrogens is 1. The number of allylic oxidation sites excluding steroid dienone is 1. The van der Waals surface area contributed by atoms with Crippen molar-refractivity contribution in [2.75, 3.05) is 5.32 Å². The van der Waals surface area contributed by atoms with Gasteiger partial charge in [0.2, 0.25) is 0 Å². The molecule has 11 heteroatoms. The summed E-state index contributed by atoms with van der Waals surface area (Å²) in [6, 6.07) is 20.6. The molecule has 222 valence electrons. The van der Waals surface area contributed by atoms with Gasteiger partial charge in [-0.15, -0.1) is 11.3 Å². The fourth-order valence-electron chi connectivity index (χ4n) is 4.93. The molecule has 0 aliphatic carbocycles. The van der Waals surface area contributed by atoms with Gasteiger partial charge >= 0.3 is 5.97 Å². The topological polar surface area (TPSA) is 103 Å². The van der Waals surface area contributed by atoms with E-state index >= 15 is 0 Å². The van der Waals surface area contributed by atoms with E-state index in [-0.39, 0.29) is 17.6 Å². The average molecular weight is 644 g/mol. The first kappa shape index (κ1) is 29.6. The number of esters is 1. The number of ether oxygens (including phenoxy) is 1. The predicted molar refractivity (Wildman–Crippen MR) is 173 cm³/mol. The minimum absolute atomic E-state index is 0.296. The third kappa shape index (κ3) is 5.84. The standard InChI is InChI=1S/C33H26ClN3O5S2/c1-18(2)41-32(40)23-13-11-20(34)16-24(23)25-14-12-22(42-25)17-27-31(39)37-29(26-10-7-15-43-26)28(19(3)35-33(37)44-27)30(38)36-21-8-5-4-6-9-21/h4-18,29H,1-3H3,(H,36,38)/b27-17+/t29-/m1/s1. The zero-order valence-electron chi connectivity index (χ0n) is 23.9. The van der Waals surface area contributed by atoms with Gasteiger partial charge in [-0.2, -0.15) is 0 Å². The SMILES string of the molecule is CC1=C(C(=O)Nc2ccccc2)[C@@H](c2cccs2)n2c(s/c(=C/c3ccc(-c4cc(Cl)ccc4C(=O)OC(C)C)o3)c2=O)=N1. The van der Waals surface area contributed by atoms with Crippen LogP contribution in [0.2, 0.25) is 5.02 Å². The number of carbonyl (C=O) groups is 2. The van der Waals surface area contributed by atoms with Crippen LogP contribution in [0, 0.1) is 0 Å². The first-order valence-electron chi connectivity index (χ1n) is 13.7. The third-order valence-electron chi connectivity index (χ3n) is 6.82. The number of nitrogens with one attached hydrogen (secondary N) is 1. The summed E-state index contributed by atoms with van der Waals surface area (Å²) in [6.45, 7) is 5.33. The van der Waals surface area contributed by atoms with Crippen LogP contribution in [0.5, 0.6) is 0 Å². The van der Waals surface area contributed by atoms with E-state index in [1.165, 1.54) is 22.7 Å². The maximum atomic E-state index is 13.9. The minimum Gasteiger partial charge on any atom is -0.459 e. The lowest BCUT2D eigenvalue weighted by Gasteiger charge is -2.24. The van der Waals surface area contributed by atoms with Gasteiger partial charge in [-0.1, -0.05) is 47.2 Å². The van der Waals surface area contributed by atoms with Crippen LogP contribution < -0.4 is 20.2 Å². The van der Waals surface area contributed by atoms with Gasteiger partial charge in [0.05, 0.1) is 27.5 Å². The van der Waals surface area contributed by atoms with Gasteiger partial charge < -0.3 is 14.5 Å². The van der Waals surface area contributed by atoms with Crippen LogP contribution in [0.3, 0.4) is 0 Å². The Hall–Kier alpha value is -4.51. The van der Waals surface area contributed by atoms with Gasteiger partial charge in [-0.3, -0.25) is 14.2 Å². The van der Waals surface area contributed by atoms with Gasteiger partial charge in [-0.25, -0.2) is 9.79 Å². The number of amides is 1. The van der Waals surface area contributed by atoms with E-state index in [1.54, 1.807) is 73.9 Å². The summed E-state index contributed by atoms with van der Waals surface area (Å²) in [6.07, 6.45) is 1.34. The fraction of sp³-hybridized carbons (Fsp3) is 0.152. The monoisotopic (exact) mass is 643 g/mol. The van der Waals surface area contributed by atoms with E-state index in [4.69, 9.17) is 20.8 Å². The Morgan fingerprint density at radius 2 is 1.89 bits per heavy atom. The zero-order chi connectivity index (χ0) is 31.0. The number of rotatable bonds is 7. The van der Waals surface area contributed by atoms with Crippen LogP contribution >= 0.6 is 34.3 Å². The Balaban J connectivity index is 1.40. The Bertz CT molecular complexity index is 2090. The summed E-state index contributed by atoms with van der Waals surface area (Å²) in [7, 11) is 0. The highest BCUT2D eigenvalue weighted by molar-refractivity contribution is 7.10. The van der Waals surface area contributed by atoms with Crippen molar-refractivity contribution in [3.05, 3.63) is 130 Å². The number of hydrogen-bond donors (Lipinski definition) is 1. The number of furan rings is 1. The molecule has 0 fully saturated rings. The molecule has 3 aromatic heterocycles. The summed E-state index contributed by atoms with van der Waals surface area (Å²) in [5.41, 5.74) is 2.08. The molecule has 0 unspecified atom stereocenters. The molecule has 0 radical (unpaired) electrons. The lowest BCUT2D eigenvalue weighted by molar-refractivity contribution is -0.113. The summed E-state index contributed by atoms with van der Waals surface area (Å²) in [5.74, 6) is -0.0173. The van der Waals surface area contributed by atoms with Crippen molar-refractivity contribution in [3.8, 4) is 11.3 Å². The quantitative estimate of drug-likeness (QED) is 0.206. The van der Waals surface area contributed by atoms with Crippen LogP contribution in [-0.4, -0.2) is 22.5 Å². The van der Waals surface area contributed by atoms with Crippen molar-refractivity contribution < 1.29 is 18.7 Å². The minimum atomic E-state index is -0.648. The van der Waals surface area contributed by atoms with Gasteiger partial charge in [0, 0.05) is 27.2 Å². The highest BCUT2D eigenvalue weighted by Gasteiger charge is 2.33. The van der Waals surface area contributed by atoms with E-state index in [9.17, 15) is 14.4 Å².